The molecule has 0 bridgehead atoms. The number of amides is 1. The van der Waals surface area contributed by atoms with Gasteiger partial charge in [-0.05, 0) is 18.9 Å². The highest BCUT2D eigenvalue weighted by Gasteiger charge is 2.61. The lowest BCUT2D eigenvalue weighted by atomic mass is 10.2. The van der Waals surface area contributed by atoms with Crippen LogP contribution in [0.5, 0.6) is 0 Å². The summed E-state index contributed by atoms with van der Waals surface area (Å²) in [5.74, 6) is -4.79. The van der Waals surface area contributed by atoms with Crippen molar-refractivity contribution >= 4 is 29.2 Å². The van der Waals surface area contributed by atoms with Crippen molar-refractivity contribution in [3.05, 3.63) is 34.1 Å². The van der Waals surface area contributed by atoms with Crippen molar-refractivity contribution in [2.75, 3.05) is 25.0 Å². The van der Waals surface area contributed by atoms with Gasteiger partial charge in [0.1, 0.15) is 17.3 Å². The molecule has 2 aliphatic heterocycles. The molecule has 0 saturated carbocycles. The number of carbonyl (C=O) groups excluding carboxylic acids is 1. The Kier molecular flexibility index (Phi) is 6.68. The van der Waals surface area contributed by atoms with Gasteiger partial charge >= 0.3 is 12.1 Å². The Labute approximate surface area is 178 Å². The Morgan fingerprint density at radius 3 is 2.77 bits per heavy atom. The number of nitrogens with zero attached hydrogens (tertiary/aromatic N) is 4. The van der Waals surface area contributed by atoms with Gasteiger partial charge in [-0.2, -0.15) is 27.2 Å². The molecule has 31 heavy (non-hydrogen) atoms. The summed E-state index contributed by atoms with van der Waals surface area (Å²) in [6.45, 7) is 1.77. The third-order valence-electron chi connectivity index (χ3n) is 4.55. The van der Waals surface area contributed by atoms with Crippen LogP contribution in [0.25, 0.3) is 5.57 Å². The minimum atomic E-state index is -5.76. The zero-order valence-corrected chi connectivity index (χ0v) is 16.8. The van der Waals surface area contributed by atoms with Crippen LogP contribution in [0.3, 0.4) is 0 Å². The fourth-order valence-corrected chi connectivity index (χ4v) is 3.82. The largest absolute Gasteiger partial charge is 0.459 e. The van der Waals surface area contributed by atoms with Gasteiger partial charge in [0.2, 0.25) is 11.9 Å². The Balaban J connectivity index is 1.65. The SMILES string of the molecule is N#C/C(=C1\NC(C(F)(F)C(F)(F)F)=CS1)c1ccnc(NCCCN2CCCC2=O)n1. The van der Waals surface area contributed by atoms with Crippen molar-refractivity contribution < 1.29 is 26.7 Å². The molecule has 2 aliphatic rings. The maximum atomic E-state index is 13.5. The van der Waals surface area contributed by atoms with Gasteiger partial charge in [-0.1, -0.05) is 11.8 Å². The van der Waals surface area contributed by atoms with Crippen LogP contribution in [0.1, 0.15) is 25.0 Å². The van der Waals surface area contributed by atoms with E-state index in [0.717, 1.165) is 13.0 Å². The molecule has 166 valence electrons. The summed E-state index contributed by atoms with van der Waals surface area (Å²) in [6.07, 6.45) is -2.38. The lowest BCUT2D eigenvalue weighted by Crippen LogP contribution is -2.41. The van der Waals surface area contributed by atoms with E-state index in [-0.39, 0.29) is 28.2 Å². The molecule has 1 aromatic rings. The van der Waals surface area contributed by atoms with Crippen LogP contribution in [-0.2, 0) is 4.79 Å². The second-order valence-electron chi connectivity index (χ2n) is 6.69. The van der Waals surface area contributed by atoms with E-state index >= 15 is 0 Å². The highest BCUT2D eigenvalue weighted by molar-refractivity contribution is 8.06. The lowest BCUT2D eigenvalue weighted by molar-refractivity contribution is -0.265. The van der Waals surface area contributed by atoms with E-state index in [1.54, 1.807) is 11.0 Å². The number of hydrogen-bond acceptors (Lipinski definition) is 7. The third-order valence-corrected chi connectivity index (χ3v) is 5.44. The lowest BCUT2D eigenvalue weighted by Gasteiger charge is -2.20. The molecule has 1 saturated heterocycles. The number of anilines is 1. The van der Waals surface area contributed by atoms with Crippen molar-refractivity contribution in [3.8, 4) is 6.07 Å². The predicted molar refractivity (Wildman–Crippen MR) is 103 cm³/mol. The number of nitrogens with one attached hydrogen (secondary N) is 2. The first-order chi connectivity index (χ1) is 14.6. The van der Waals surface area contributed by atoms with E-state index in [4.69, 9.17) is 0 Å². The molecule has 1 amide bonds. The molecule has 0 aliphatic carbocycles. The number of allylic oxidation sites excluding steroid dienone is 2. The van der Waals surface area contributed by atoms with E-state index in [1.807, 2.05) is 5.32 Å². The van der Waals surface area contributed by atoms with Crippen molar-refractivity contribution in [2.24, 2.45) is 0 Å². The zero-order chi connectivity index (χ0) is 22.6. The second-order valence-corrected chi connectivity index (χ2v) is 7.57. The smallest absolute Gasteiger partial charge is 0.354 e. The van der Waals surface area contributed by atoms with Gasteiger partial charge in [-0.3, -0.25) is 4.79 Å². The highest BCUT2D eigenvalue weighted by Crippen LogP contribution is 2.45. The van der Waals surface area contributed by atoms with Crippen molar-refractivity contribution in [2.45, 2.75) is 31.4 Å². The highest BCUT2D eigenvalue weighted by atomic mass is 32.2. The third kappa shape index (κ3) is 5.07. The molecule has 0 radical (unpaired) electrons. The molecule has 13 heteroatoms. The number of carbonyl (C=O) groups is 1. The van der Waals surface area contributed by atoms with Gasteiger partial charge in [-0.25, -0.2) is 9.97 Å². The van der Waals surface area contributed by atoms with Crippen molar-refractivity contribution in [1.82, 2.24) is 20.2 Å². The number of rotatable bonds is 7. The van der Waals surface area contributed by atoms with E-state index in [2.05, 4.69) is 15.3 Å². The molecule has 0 unspecified atom stereocenters. The average Bonchev–Trinajstić information content (AvgIpc) is 3.35. The van der Waals surface area contributed by atoms with E-state index < -0.39 is 17.8 Å². The first-order valence-corrected chi connectivity index (χ1v) is 10.1. The molecule has 1 aromatic heterocycles. The topological polar surface area (TPSA) is 93.9 Å². The number of hydrogen-bond donors (Lipinski definition) is 2. The number of halogens is 5. The van der Waals surface area contributed by atoms with Crippen LogP contribution in [0.15, 0.2) is 28.4 Å². The molecule has 2 N–H and O–H groups in total. The molecule has 0 atom stereocenters. The number of aromatic nitrogens is 2. The van der Waals surface area contributed by atoms with E-state index in [1.165, 1.54) is 12.3 Å². The van der Waals surface area contributed by atoms with E-state index in [9.17, 15) is 32.0 Å². The molecule has 1 fully saturated rings. The van der Waals surface area contributed by atoms with Crippen LogP contribution in [-0.4, -0.2) is 52.5 Å². The maximum Gasteiger partial charge on any atom is 0.459 e. The van der Waals surface area contributed by atoms with Gasteiger partial charge < -0.3 is 15.5 Å². The maximum absolute atomic E-state index is 13.5. The minimum absolute atomic E-state index is 0.0645. The first kappa shape index (κ1) is 22.8. The Bertz CT molecular complexity index is 955. The Hall–Kier alpha value is -2.88. The summed E-state index contributed by atoms with van der Waals surface area (Å²) in [4.78, 5) is 21.5. The standard InChI is InChI=1S/C18H17F5N6OS/c19-17(20,18(21,22)23)13-10-31-15(28-13)11(9-24)12-4-6-26-16(27-12)25-5-2-8-29-7-1-3-14(29)30/h4,6,10,28H,1-3,5,7-8H2,(H,25,26,27)/b15-11-. The van der Waals surface area contributed by atoms with Gasteiger partial charge in [0.05, 0.1) is 10.7 Å². The number of nitriles is 1. The Morgan fingerprint density at radius 1 is 1.35 bits per heavy atom. The Morgan fingerprint density at radius 2 is 2.13 bits per heavy atom. The summed E-state index contributed by atoms with van der Waals surface area (Å²) in [7, 11) is 0. The van der Waals surface area contributed by atoms with Gasteiger partial charge in [0.25, 0.3) is 0 Å². The van der Waals surface area contributed by atoms with Gasteiger partial charge in [0.15, 0.2) is 0 Å². The van der Waals surface area contributed by atoms with Gasteiger partial charge in [0, 0.05) is 37.7 Å². The molecule has 3 rings (SSSR count). The van der Waals surface area contributed by atoms with E-state index in [0.29, 0.717) is 43.1 Å². The van der Waals surface area contributed by atoms with Crippen LogP contribution in [0, 0.1) is 11.3 Å². The predicted octanol–water partition coefficient (Wildman–Crippen LogP) is 3.47. The van der Waals surface area contributed by atoms with Crippen molar-refractivity contribution in [1.29, 1.82) is 5.26 Å². The molecule has 0 aromatic carbocycles. The molecule has 0 spiro atoms. The van der Waals surface area contributed by atoms with Crippen LogP contribution in [0.2, 0.25) is 0 Å². The monoisotopic (exact) mass is 460 g/mol. The molecule has 3 heterocycles. The van der Waals surface area contributed by atoms with Crippen LogP contribution in [0.4, 0.5) is 27.9 Å². The molecular weight excluding hydrogens is 443 g/mol. The number of alkyl halides is 5. The van der Waals surface area contributed by atoms with Crippen molar-refractivity contribution in [3.63, 3.8) is 0 Å². The molecular formula is C18H17F5N6OS. The fourth-order valence-electron chi connectivity index (χ4n) is 2.94. The minimum Gasteiger partial charge on any atom is -0.354 e. The molecule has 7 nitrogen and oxygen atoms in total. The summed E-state index contributed by atoms with van der Waals surface area (Å²) in [6, 6.07) is 3.13. The van der Waals surface area contributed by atoms with Gasteiger partial charge in [-0.15, -0.1) is 0 Å². The first-order valence-electron chi connectivity index (χ1n) is 9.22. The summed E-state index contributed by atoms with van der Waals surface area (Å²) >= 11 is 0.548. The summed E-state index contributed by atoms with van der Waals surface area (Å²) in [5.41, 5.74) is -1.48. The number of thioether (sulfide) groups is 1. The summed E-state index contributed by atoms with van der Waals surface area (Å²) in [5, 5.41) is 14.8. The second kappa shape index (κ2) is 9.09. The van der Waals surface area contributed by atoms with Crippen LogP contribution < -0.4 is 10.6 Å². The average molecular weight is 460 g/mol. The van der Waals surface area contributed by atoms with Crippen LogP contribution >= 0.6 is 11.8 Å². The quantitative estimate of drug-likeness (QED) is 0.366. The summed E-state index contributed by atoms with van der Waals surface area (Å²) < 4.78 is 64.7. The zero-order valence-electron chi connectivity index (χ0n) is 16.0. The normalized spacial score (nSPS) is 18.5. The fraction of sp³-hybridized carbons (Fsp3) is 0.444. The number of likely N-dealkylation sites (tertiary alicyclic amines) is 1.